The van der Waals surface area contributed by atoms with Gasteiger partial charge in [-0.15, -0.1) is 0 Å². The fourth-order valence-electron chi connectivity index (χ4n) is 3.33. The Morgan fingerprint density at radius 3 is 2.45 bits per heavy atom. The maximum atomic E-state index is 15.0. The Kier molecular flexibility index (Phi) is 6.97. The molecule has 0 aliphatic rings. The zero-order chi connectivity index (χ0) is 24.3. The molecule has 2 aromatic carbocycles. The smallest absolute Gasteiger partial charge is 0.288 e. The molecule has 0 aliphatic carbocycles. The Hall–Kier alpha value is -3.53. The number of hydrogen-bond acceptors (Lipinski definition) is 4. The van der Waals surface area contributed by atoms with Gasteiger partial charge in [-0.05, 0) is 39.2 Å². The van der Waals surface area contributed by atoms with Gasteiger partial charge in [-0.1, -0.05) is 30.3 Å². The minimum Gasteiger partial charge on any atom is -0.344 e. The summed E-state index contributed by atoms with van der Waals surface area (Å²) in [5.41, 5.74) is -1.96. The summed E-state index contributed by atoms with van der Waals surface area (Å²) in [5.74, 6) is -6.07. The number of nitrogens with zero attached hydrogens (tertiary/aromatic N) is 3. The Balaban J connectivity index is 1.88. The van der Waals surface area contributed by atoms with Gasteiger partial charge in [0.2, 0.25) is 0 Å². The standard InChI is InChI=1S/C23H22F4N4O2/c1-14(15-7-6-8-16(21(15)25)23(26,27)13-30(2)3)28-22(33)18-11-12-20(32)31(29-18)19-10-5-4-9-17(19)24/h4-12,14H,13H2,1-3H3,(H,28,33)/t14-/m1/s1. The number of nitrogens with one attached hydrogen (secondary N) is 1. The minimum atomic E-state index is -3.44. The van der Waals surface area contributed by atoms with Gasteiger partial charge in [0.05, 0.1) is 18.2 Å². The summed E-state index contributed by atoms with van der Waals surface area (Å²) in [4.78, 5) is 26.1. The normalized spacial score (nSPS) is 12.6. The van der Waals surface area contributed by atoms with Crippen LogP contribution in [0.25, 0.3) is 5.69 Å². The fraction of sp³-hybridized carbons (Fsp3) is 0.261. The van der Waals surface area contributed by atoms with E-state index in [4.69, 9.17) is 0 Å². The second kappa shape index (κ2) is 9.53. The molecule has 1 amide bonds. The fourth-order valence-corrected chi connectivity index (χ4v) is 3.33. The number of benzene rings is 2. The number of halogens is 4. The number of hydrogen-bond donors (Lipinski definition) is 1. The lowest BCUT2D eigenvalue weighted by molar-refractivity contribution is -0.0301. The Morgan fingerprint density at radius 1 is 1.09 bits per heavy atom. The van der Waals surface area contributed by atoms with Crippen molar-refractivity contribution in [3.8, 4) is 5.69 Å². The molecule has 3 aromatic rings. The van der Waals surface area contributed by atoms with Crippen LogP contribution in [0.15, 0.2) is 59.4 Å². The van der Waals surface area contributed by atoms with Crippen LogP contribution in [0.1, 0.15) is 34.6 Å². The molecular weight excluding hydrogens is 440 g/mol. The summed E-state index contributed by atoms with van der Waals surface area (Å²) in [6, 6.07) is 10.2. The molecule has 0 radical (unpaired) electrons. The van der Waals surface area contributed by atoms with E-state index in [0.29, 0.717) is 0 Å². The molecule has 0 saturated heterocycles. The highest BCUT2D eigenvalue weighted by atomic mass is 19.3. The van der Waals surface area contributed by atoms with E-state index in [1.165, 1.54) is 56.3 Å². The first-order valence-corrected chi connectivity index (χ1v) is 9.99. The van der Waals surface area contributed by atoms with E-state index >= 15 is 0 Å². The third-order valence-corrected chi connectivity index (χ3v) is 4.87. The molecule has 0 unspecified atom stereocenters. The molecule has 0 spiro atoms. The number of carbonyl (C=O) groups excluding carboxylic acids is 1. The summed E-state index contributed by atoms with van der Waals surface area (Å²) in [7, 11) is 2.90. The lowest BCUT2D eigenvalue weighted by Gasteiger charge is -2.23. The zero-order valence-electron chi connectivity index (χ0n) is 18.2. The average Bonchev–Trinajstić information content (AvgIpc) is 2.73. The summed E-state index contributed by atoms with van der Waals surface area (Å²) in [6.45, 7) is 0.743. The highest BCUT2D eigenvalue weighted by Gasteiger charge is 2.36. The Bertz CT molecular complexity index is 1230. The predicted octanol–water partition coefficient (Wildman–Crippen LogP) is 3.66. The van der Waals surface area contributed by atoms with Crippen LogP contribution < -0.4 is 10.9 Å². The van der Waals surface area contributed by atoms with Crippen molar-refractivity contribution < 1.29 is 22.4 Å². The SMILES string of the molecule is C[C@@H](NC(=O)c1ccc(=O)n(-c2ccccc2F)n1)c1cccc(C(F)(F)CN(C)C)c1F. The van der Waals surface area contributed by atoms with Gasteiger partial charge >= 0.3 is 0 Å². The molecule has 174 valence electrons. The molecule has 0 saturated carbocycles. The van der Waals surface area contributed by atoms with E-state index in [1.54, 1.807) is 0 Å². The second-order valence-electron chi connectivity index (χ2n) is 7.77. The summed E-state index contributed by atoms with van der Waals surface area (Å²) < 4.78 is 58.7. The van der Waals surface area contributed by atoms with Crippen molar-refractivity contribution in [2.45, 2.75) is 18.9 Å². The lowest BCUT2D eigenvalue weighted by Crippen LogP contribution is -2.33. The van der Waals surface area contributed by atoms with E-state index in [1.807, 2.05) is 0 Å². The van der Waals surface area contributed by atoms with Gasteiger partial charge in [0.15, 0.2) is 0 Å². The van der Waals surface area contributed by atoms with Gasteiger partial charge < -0.3 is 10.2 Å². The molecule has 1 heterocycles. The van der Waals surface area contributed by atoms with Crippen molar-refractivity contribution >= 4 is 5.91 Å². The number of rotatable bonds is 7. The molecule has 1 atom stereocenters. The van der Waals surface area contributed by atoms with Gasteiger partial charge in [-0.25, -0.2) is 8.78 Å². The van der Waals surface area contributed by atoms with E-state index in [9.17, 15) is 27.2 Å². The zero-order valence-corrected chi connectivity index (χ0v) is 18.2. The largest absolute Gasteiger partial charge is 0.344 e. The predicted molar refractivity (Wildman–Crippen MR) is 115 cm³/mol. The molecular formula is C23H22F4N4O2. The van der Waals surface area contributed by atoms with E-state index < -0.39 is 47.2 Å². The number of alkyl halides is 2. The average molecular weight is 462 g/mol. The third kappa shape index (κ3) is 5.28. The van der Waals surface area contributed by atoms with E-state index in [0.717, 1.165) is 28.9 Å². The van der Waals surface area contributed by atoms with Crippen LogP contribution >= 0.6 is 0 Å². The number of amides is 1. The molecule has 1 aromatic heterocycles. The van der Waals surface area contributed by atoms with Crippen molar-refractivity contribution in [3.63, 3.8) is 0 Å². The van der Waals surface area contributed by atoms with Crippen molar-refractivity contribution in [2.75, 3.05) is 20.6 Å². The molecule has 6 nitrogen and oxygen atoms in total. The number of aromatic nitrogens is 2. The molecule has 0 fully saturated rings. The quantitative estimate of drug-likeness (QED) is 0.545. The molecule has 0 bridgehead atoms. The first-order valence-electron chi connectivity index (χ1n) is 9.99. The number of para-hydroxylation sites is 1. The minimum absolute atomic E-state index is 0.137. The molecule has 33 heavy (non-hydrogen) atoms. The van der Waals surface area contributed by atoms with Crippen LogP contribution in [0.2, 0.25) is 0 Å². The van der Waals surface area contributed by atoms with Gasteiger partial charge in [0.1, 0.15) is 23.0 Å². The van der Waals surface area contributed by atoms with Crippen molar-refractivity contribution in [1.82, 2.24) is 20.0 Å². The summed E-state index contributed by atoms with van der Waals surface area (Å²) in [6.07, 6.45) is 0. The van der Waals surface area contributed by atoms with E-state index in [-0.39, 0.29) is 16.9 Å². The molecule has 0 aliphatic heterocycles. The lowest BCUT2D eigenvalue weighted by atomic mass is 9.99. The first kappa shape index (κ1) is 24.1. The third-order valence-electron chi connectivity index (χ3n) is 4.87. The molecule has 1 N–H and O–H groups in total. The second-order valence-corrected chi connectivity index (χ2v) is 7.77. The Morgan fingerprint density at radius 2 is 1.79 bits per heavy atom. The molecule has 10 heteroatoms. The van der Waals surface area contributed by atoms with Crippen LogP contribution in [0.3, 0.4) is 0 Å². The van der Waals surface area contributed by atoms with Crippen molar-refractivity contribution in [3.05, 3.63) is 93.4 Å². The maximum absolute atomic E-state index is 15.0. The van der Waals surface area contributed by atoms with Crippen LogP contribution in [-0.2, 0) is 5.92 Å². The van der Waals surface area contributed by atoms with Gasteiger partial charge in [0.25, 0.3) is 17.4 Å². The number of likely N-dealkylation sites (N-methyl/N-ethyl adjacent to an activating group) is 1. The summed E-state index contributed by atoms with van der Waals surface area (Å²) in [5, 5.41) is 6.37. The topological polar surface area (TPSA) is 67.2 Å². The van der Waals surface area contributed by atoms with E-state index in [2.05, 4.69) is 10.4 Å². The van der Waals surface area contributed by atoms with Gasteiger partial charge in [-0.2, -0.15) is 18.6 Å². The van der Waals surface area contributed by atoms with Crippen LogP contribution in [-0.4, -0.2) is 41.2 Å². The Labute approximate surface area is 187 Å². The number of carbonyl (C=O) groups is 1. The van der Waals surface area contributed by atoms with Crippen molar-refractivity contribution in [2.24, 2.45) is 0 Å². The van der Waals surface area contributed by atoms with Crippen LogP contribution in [0.4, 0.5) is 17.6 Å². The monoisotopic (exact) mass is 462 g/mol. The van der Waals surface area contributed by atoms with Crippen LogP contribution in [0.5, 0.6) is 0 Å². The van der Waals surface area contributed by atoms with Crippen molar-refractivity contribution in [1.29, 1.82) is 0 Å². The first-order chi connectivity index (χ1) is 15.5. The maximum Gasteiger partial charge on any atom is 0.288 e. The molecule has 3 rings (SSSR count). The highest BCUT2D eigenvalue weighted by molar-refractivity contribution is 5.92. The van der Waals surface area contributed by atoms with Gasteiger partial charge in [0, 0.05) is 11.6 Å². The highest BCUT2D eigenvalue weighted by Crippen LogP contribution is 2.33. The van der Waals surface area contributed by atoms with Crippen LogP contribution in [0, 0.1) is 11.6 Å². The summed E-state index contributed by atoms with van der Waals surface area (Å²) >= 11 is 0. The van der Waals surface area contributed by atoms with Gasteiger partial charge in [-0.3, -0.25) is 9.59 Å².